The van der Waals surface area contributed by atoms with E-state index in [1.54, 1.807) is 11.3 Å². The van der Waals surface area contributed by atoms with Crippen LogP contribution in [0, 0.1) is 5.92 Å². The molecule has 0 bridgehead atoms. The van der Waals surface area contributed by atoms with Crippen LogP contribution in [0.4, 0.5) is 4.79 Å². The summed E-state index contributed by atoms with van der Waals surface area (Å²) in [5, 5.41) is 5.13. The predicted molar refractivity (Wildman–Crippen MR) is 130 cm³/mol. The molecule has 182 valence electrons. The second kappa shape index (κ2) is 11.0. The van der Waals surface area contributed by atoms with Crippen molar-refractivity contribution in [2.75, 3.05) is 39.3 Å². The summed E-state index contributed by atoms with van der Waals surface area (Å²) in [5.74, 6) is 0.232. The van der Waals surface area contributed by atoms with Gasteiger partial charge in [-0.1, -0.05) is 25.8 Å². The number of carbonyl (C=O) groups is 3. The number of carbonyl (C=O) groups excluding carboxylic acids is 3. The molecule has 8 heteroatoms. The van der Waals surface area contributed by atoms with E-state index in [9.17, 15) is 14.4 Å². The first-order valence-corrected chi connectivity index (χ1v) is 13.6. The molecule has 0 aromatic carbocycles. The third-order valence-corrected chi connectivity index (χ3v) is 8.58. The van der Waals surface area contributed by atoms with Gasteiger partial charge in [-0.15, -0.1) is 11.3 Å². The van der Waals surface area contributed by atoms with Gasteiger partial charge >= 0.3 is 6.03 Å². The lowest BCUT2D eigenvalue weighted by Gasteiger charge is -2.41. The molecule has 4 amide bonds. The third kappa shape index (κ3) is 5.43. The van der Waals surface area contributed by atoms with E-state index in [4.69, 9.17) is 0 Å². The zero-order valence-corrected chi connectivity index (χ0v) is 20.7. The minimum atomic E-state index is -0.815. The first-order valence-electron chi connectivity index (χ1n) is 12.7. The van der Waals surface area contributed by atoms with Crippen molar-refractivity contribution in [1.29, 1.82) is 0 Å². The Morgan fingerprint density at radius 1 is 1.12 bits per heavy atom. The van der Waals surface area contributed by atoms with Crippen LogP contribution in [-0.2, 0) is 16.0 Å². The standard InChI is InChI=1S/C25H38N4O3S/c1-2-12-25(23(31)29(24(32)26-25)18-10-21-7-6-19-33-21)20-8-16-28(17-9-20)22(30)11-15-27-13-4-3-5-14-27/h6-7,19-20H,2-5,8-18H2,1H3,(H,26,32). The lowest BCUT2D eigenvalue weighted by molar-refractivity contribution is -0.136. The van der Waals surface area contributed by atoms with E-state index in [2.05, 4.69) is 17.1 Å². The number of piperidine rings is 2. The molecule has 0 saturated carbocycles. The van der Waals surface area contributed by atoms with Crippen LogP contribution in [0.3, 0.4) is 0 Å². The van der Waals surface area contributed by atoms with Crippen molar-refractivity contribution in [2.45, 2.75) is 70.3 Å². The van der Waals surface area contributed by atoms with Gasteiger partial charge in [0.15, 0.2) is 0 Å². The topological polar surface area (TPSA) is 73.0 Å². The molecule has 7 nitrogen and oxygen atoms in total. The fourth-order valence-electron chi connectivity index (χ4n) is 5.79. The molecule has 0 radical (unpaired) electrons. The number of hydrogen-bond donors (Lipinski definition) is 1. The molecule has 4 heterocycles. The van der Waals surface area contributed by atoms with Crippen LogP contribution < -0.4 is 5.32 Å². The predicted octanol–water partition coefficient (Wildman–Crippen LogP) is 3.50. The first kappa shape index (κ1) is 24.2. The number of rotatable bonds is 9. The van der Waals surface area contributed by atoms with Gasteiger partial charge in [0.05, 0.1) is 0 Å². The molecular weight excluding hydrogens is 436 g/mol. The van der Waals surface area contributed by atoms with Crippen molar-refractivity contribution >= 4 is 29.2 Å². The van der Waals surface area contributed by atoms with Gasteiger partial charge in [-0.25, -0.2) is 4.79 Å². The Balaban J connectivity index is 1.33. The first-order chi connectivity index (χ1) is 16.0. The van der Waals surface area contributed by atoms with E-state index in [-0.39, 0.29) is 23.8 Å². The molecule has 0 aliphatic carbocycles. The molecular formula is C25H38N4O3S. The molecule has 3 aliphatic rings. The molecule has 1 unspecified atom stereocenters. The van der Waals surface area contributed by atoms with Crippen LogP contribution in [0.25, 0.3) is 0 Å². The van der Waals surface area contributed by atoms with Gasteiger partial charge in [-0.3, -0.25) is 14.5 Å². The van der Waals surface area contributed by atoms with Crippen LogP contribution in [0.15, 0.2) is 17.5 Å². The highest BCUT2D eigenvalue weighted by atomic mass is 32.1. The van der Waals surface area contributed by atoms with E-state index in [0.29, 0.717) is 38.9 Å². The fourth-order valence-corrected chi connectivity index (χ4v) is 6.48. The minimum Gasteiger partial charge on any atom is -0.343 e. The summed E-state index contributed by atoms with van der Waals surface area (Å²) in [6, 6.07) is 3.78. The average molecular weight is 475 g/mol. The smallest absolute Gasteiger partial charge is 0.325 e. The summed E-state index contributed by atoms with van der Waals surface area (Å²) in [5.41, 5.74) is -0.815. The summed E-state index contributed by atoms with van der Waals surface area (Å²) in [4.78, 5) is 46.1. The third-order valence-electron chi connectivity index (χ3n) is 7.64. The zero-order chi connectivity index (χ0) is 23.3. The number of nitrogens with one attached hydrogen (secondary N) is 1. The van der Waals surface area contributed by atoms with Crippen LogP contribution in [0.2, 0.25) is 0 Å². The normalized spacial score (nSPS) is 25.0. The van der Waals surface area contributed by atoms with Crippen molar-refractivity contribution in [3.05, 3.63) is 22.4 Å². The lowest BCUT2D eigenvalue weighted by Crippen LogP contribution is -2.56. The maximum Gasteiger partial charge on any atom is 0.325 e. The number of nitrogens with zero attached hydrogens (tertiary/aromatic N) is 3. The Hall–Kier alpha value is -1.93. The highest BCUT2D eigenvalue weighted by Crippen LogP contribution is 2.37. The molecule has 1 N–H and O–H groups in total. The highest BCUT2D eigenvalue weighted by Gasteiger charge is 2.55. The van der Waals surface area contributed by atoms with Crippen LogP contribution in [-0.4, -0.2) is 77.4 Å². The lowest BCUT2D eigenvalue weighted by atomic mass is 9.74. The van der Waals surface area contributed by atoms with Crippen LogP contribution >= 0.6 is 11.3 Å². The van der Waals surface area contributed by atoms with Gasteiger partial charge in [0.25, 0.3) is 5.91 Å². The Morgan fingerprint density at radius 2 is 1.88 bits per heavy atom. The van der Waals surface area contributed by atoms with Crippen molar-refractivity contribution in [2.24, 2.45) is 5.92 Å². The fraction of sp³-hybridized carbons (Fsp3) is 0.720. The van der Waals surface area contributed by atoms with Gasteiger partial charge in [0, 0.05) is 37.5 Å². The zero-order valence-electron chi connectivity index (χ0n) is 19.9. The van der Waals surface area contributed by atoms with Gasteiger partial charge < -0.3 is 15.1 Å². The van der Waals surface area contributed by atoms with E-state index in [1.165, 1.54) is 29.0 Å². The number of hydrogen-bond acceptors (Lipinski definition) is 5. The summed E-state index contributed by atoms with van der Waals surface area (Å²) >= 11 is 1.65. The van der Waals surface area contributed by atoms with Crippen molar-refractivity contribution in [1.82, 2.24) is 20.0 Å². The highest BCUT2D eigenvalue weighted by molar-refractivity contribution is 7.09. The second-order valence-corrected chi connectivity index (χ2v) is 10.8. The van der Waals surface area contributed by atoms with Gasteiger partial charge in [0.2, 0.25) is 5.91 Å². The summed E-state index contributed by atoms with van der Waals surface area (Å²) in [7, 11) is 0. The van der Waals surface area contributed by atoms with E-state index < -0.39 is 5.54 Å². The maximum absolute atomic E-state index is 13.5. The number of imide groups is 1. The van der Waals surface area contributed by atoms with Crippen molar-refractivity contribution < 1.29 is 14.4 Å². The monoisotopic (exact) mass is 474 g/mol. The summed E-state index contributed by atoms with van der Waals surface area (Å²) in [6.45, 7) is 6.91. The van der Waals surface area contributed by atoms with Crippen molar-refractivity contribution in [3.8, 4) is 0 Å². The molecule has 1 aromatic heterocycles. The Labute approximate surface area is 201 Å². The minimum absolute atomic E-state index is 0.0687. The van der Waals surface area contributed by atoms with E-state index >= 15 is 0 Å². The van der Waals surface area contributed by atoms with Crippen LogP contribution in [0.1, 0.15) is 63.2 Å². The number of thiophene rings is 1. The number of amides is 4. The number of likely N-dealkylation sites (tertiary alicyclic amines) is 2. The molecule has 1 atom stereocenters. The molecule has 3 saturated heterocycles. The Morgan fingerprint density at radius 3 is 2.55 bits per heavy atom. The quantitative estimate of drug-likeness (QED) is 0.556. The molecule has 33 heavy (non-hydrogen) atoms. The summed E-state index contributed by atoms with van der Waals surface area (Å²) in [6.07, 6.45) is 8.07. The molecule has 0 spiro atoms. The molecule has 4 rings (SSSR count). The van der Waals surface area contributed by atoms with Crippen molar-refractivity contribution in [3.63, 3.8) is 0 Å². The molecule has 3 aliphatic heterocycles. The largest absolute Gasteiger partial charge is 0.343 e. The van der Waals surface area contributed by atoms with E-state index in [0.717, 1.165) is 38.9 Å². The maximum atomic E-state index is 13.5. The number of urea groups is 1. The van der Waals surface area contributed by atoms with Gasteiger partial charge in [-0.2, -0.15) is 0 Å². The van der Waals surface area contributed by atoms with Gasteiger partial charge in [0.1, 0.15) is 5.54 Å². The molecule has 3 fully saturated rings. The Kier molecular flexibility index (Phi) is 8.07. The SMILES string of the molecule is CCCC1(C2CCN(C(=O)CCN3CCCCC3)CC2)NC(=O)N(CCc2cccs2)C1=O. The van der Waals surface area contributed by atoms with E-state index in [1.807, 2.05) is 22.4 Å². The van der Waals surface area contributed by atoms with Crippen LogP contribution in [0.5, 0.6) is 0 Å². The average Bonchev–Trinajstić information content (AvgIpc) is 3.44. The second-order valence-electron chi connectivity index (χ2n) is 9.75. The Bertz CT molecular complexity index is 816. The molecule has 1 aromatic rings. The summed E-state index contributed by atoms with van der Waals surface area (Å²) < 4.78 is 0. The van der Waals surface area contributed by atoms with Gasteiger partial charge in [-0.05, 0) is 69.0 Å².